The Bertz CT molecular complexity index is 203. The Hall–Kier alpha value is -0.120. The molecule has 1 saturated heterocycles. The van der Waals surface area contributed by atoms with Crippen molar-refractivity contribution >= 4 is 0 Å². The minimum absolute atomic E-state index is 0.490. The summed E-state index contributed by atoms with van der Waals surface area (Å²) in [6, 6.07) is 0.687. The zero-order valence-corrected chi connectivity index (χ0v) is 12.1. The van der Waals surface area contributed by atoms with E-state index in [9.17, 15) is 5.11 Å². The van der Waals surface area contributed by atoms with E-state index >= 15 is 0 Å². The van der Waals surface area contributed by atoms with Crippen molar-refractivity contribution in [2.75, 3.05) is 32.7 Å². The van der Waals surface area contributed by atoms with Crippen LogP contribution < -0.4 is 0 Å². The van der Waals surface area contributed by atoms with Crippen molar-refractivity contribution in [3.8, 4) is 0 Å². The van der Waals surface area contributed by atoms with Gasteiger partial charge in [0.25, 0.3) is 0 Å². The summed E-state index contributed by atoms with van der Waals surface area (Å²) in [5.74, 6) is 0. The van der Waals surface area contributed by atoms with Crippen LogP contribution in [0.5, 0.6) is 0 Å². The Balaban J connectivity index is 2.07. The van der Waals surface area contributed by atoms with Gasteiger partial charge in [0.2, 0.25) is 0 Å². The maximum atomic E-state index is 9.63. The van der Waals surface area contributed by atoms with Crippen LogP contribution in [0.25, 0.3) is 0 Å². The van der Waals surface area contributed by atoms with E-state index in [0.717, 1.165) is 12.8 Å². The molecule has 0 amide bonds. The van der Waals surface area contributed by atoms with Crippen molar-refractivity contribution in [3.63, 3.8) is 0 Å². The maximum Gasteiger partial charge on any atom is 0.0591 e. The molecule has 17 heavy (non-hydrogen) atoms. The molecule has 3 nitrogen and oxygen atoms in total. The highest BCUT2D eigenvalue weighted by atomic mass is 16.3. The standard InChI is InChI=1S/C14H30N2O/c1-13(2)16-11-9-15(10-12-16)8-6-5-7-14(3,4)17/h13,17H,5-12H2,1-4H3. The molecule has 1 aliphatic rings. The molecule has 0 aromatic heterocycles. The molecule has 1 rings (SSSR count). The largest absolute Gasteiger partial charge is 0.390 e. The molecular formula is C14H30N2O. The molecule has 0 unspecified atom stereocenters. The number of hydrogen-bond donors (Lipinski definition) is 1. The van der Waals surface area contributed by atoms with Crippen molar-refractivity contribution in [3.05, 3.63) is 0 Å². The van der Waals surface area contributed by atoms with Gasteiger partial charge in [0.05, 0.1) is 5.60 Å². The molecule has 102 valence electrons. The predicted octanol–water partition coefficient (Wildman–Crippen LogP) is 1.95. The third-order valence-corrected chi connectivity index (χ3v) is 3.65. The second kappa shape index (κ2) is 6.72. The fraction of sp³-hybridized carbons (Fsp3) is 1.00. The normalized spacial score (nSPS) is 20.1. The molecule has 1 fully saturated rings. The summed E-state index contributed by atoms with van der Waals surface area (Å²) in [6.07, 6.45) is 3.26. The Kier molecular flexibility index (Phi) is 5.90. The molecular weight excluding hydrogens is 212 g/mol. The van der Waals surface area contributed by atoms with Gasteiger partial charge in [-0.3, -0.25) is 4.90 Å². The SMILES string of the molecule is CC(C)N1CCN(CCCCC(C)(C)O)CC1. The number of unbranched alkanes of at least 4 members (excludes halogenated alkanes) is 1. The summed E-state index contributed by atoms with van der Waals surface area (Å²) in [6.45, 7) is 14.4. The molecule has 0 spiro atoms. The van der Waals surface area contributed by atoms with Crippen molar-refractivity contribution in [1.82, 2.24) is 9.80 Å². The first kappa shape index (κ1) is 14.9. The van der Waals surface area contributed by atoms with Gasteiger partial charge in [-0.25, -0.2) is 0 Å². The number of rotatable bonds is 6. The van der Waals surface area contributed by atoms with Gasteiger partial charge in [0, 0.05) is 32.2 Å². The van der Waals surface area contributed by atoms with E-state index in [1.165, 1.54) is 39.1 Å². The van der Waals surface area contributed by atoms with Gasteiger partial charge in [0.15, 0.2) is 0 Å². The quantitative estimate of drug-likeness (QED) is 0.721. The van der Waals surface area contributed by atoms with Crippen LogP contribution in [-0.4, -0.2) is 59.3 Å². The predicted molar refractivity (Wildman–Crippen MR) is 73.3 cm³/mol. The Morgan fingerprint density at radius 3 is 2.12 bits per heavy atom. The maximum absolute atomic E-state index is 9.63. The third kappa shape index (κ3) is 6.39. The molecule has 0 radical (unpaired) electrons. The minimum Gasteiger partial charge on any atom is -0.390 e. The lowest BCUT2D eigenvalue weighted by Crippen LogP contribution is -2.48. The highest BCUT2D eigenvalue weighted by Gasteiger charge is 2.18. The second-order valence-electron chi connectivity index (χ2n) is 6.24. The molecule has 3 heteroatoms. The summed E-state index contributed by atoms with van der Waals surface area (Å²) < 4.78 is 0. The molecule has 0 bridgehead atoms. The zero-order valence-electron chi connectivity index (χ0n) is 12.1. The van der Waals surface area contributed by atoms with Crippen LogP contribution in [0.15, 0.2) is 0 Å². The van der Waals surface area contributed by atoms with Gasteiger partial charge < -0.3 is 10.0 Å². The average molecular weight is 242 g/mol. The molecule has 0 saturated carbocycles. The van der Waals surface area contributed by atoms with E-state index in [-0.39, 0.29) is 0 Å². The summed E-state index contributed by atoms with van der Waals surface area (Å²) in [4.78, 5) is 5.11. The molecule has 0 aromatic rings. The summed E-state index contributed by atoms with van der Waals surface area (Å²) in [5, 5.41) is 9.63. The number of hydrogen-bond acceptors (Lipinski definition) is 3. The molecule has 1 heterocycles. The van der Waals surface area contributed by atoms with Crippen LogP contribution in [0.1, 0.15) is 47.0 Å². The Labute approximate surface area is 107 Å². The van der Waals surface area contributed by atoms with Crippen molar-refractivity contribution in [2.24, 2.45) is 0 Å². The van der Waals surface area contributed by atoms with Gasteiger partial charge in [-0.05, 0) is 53.5 Å². The smallest absolute Gasteiger partial charge is 0.0591 e. The number of aliphatic hydroxyl groups is 1. The Morgan fingerprint density at radius 2 is 1.65 bits per heavy atom. The summed E-state index contributed by atoms with van der Waals surface area (Å²) in [5.41, 5.74) is -0.490. The number of piperazine rings is 1. The fourth-order valence-corrected chi connectivity index (χ4v) is 2.40. The Morgan fingerprint density at radius 1 is 1.06 bits per heavy atom. The van der Waals surface area contributed by atoms with Crippen LogP contribution in [0, 0.1) is 0 Å². The zero-order chi connectivity index (χ0) is 12.9. The lowest BCUT2D eigenvalue weighted by molar-refractivity contribution is 0.0650. The molecule has 0 aliphatic carbocycles. The first-order valence-electron chi connectivity index (χ1n) is 7.07. The first-order valence-corrected chi connectivity index (χ1v) is 7.07. The summed E-state index contributed by atoms with van der Waals surface area (Å²) in [7, 11) is 0. The van der Waals surface area contributed by atoms with E-state index in [1.54, 1.807) is 0 Å². The van der Waals surface area contributed by atoms with Crippen molar-refractivity contribution < 1.29 is 5.11 Å². The van der Waals surface area contributed by atoms with Crippen LogP contribution in [0.2, 0.25) is 0 Å². The fourth-order valence-electron chi connectivity index (χ4n) is 2.40. The van der Waals surface area contributed by atoms with Crippen molar-refractivity contribution in [1.29, 1.82) is 0 Å². The number of nitrogens with zero attached hydrogens (tertiary/aromatic N) is 2. The van der Waals surface area contributed by atoms with Crippen LogP contribution in [0.3, 0.4) is 0 Å². The molecule has 1 aliphatic heterocycles. The van der Waals surface area contributed by atoms with Crippen LogP contribution >= 0.6 is 0 Å². The van der Waals surface area contributed by atoms with Gasteiger partial charge >= 0.3 is 0 Å². The lowest BCUT2D eigenvalue weighted by Gasteiger charge is -2.37. The monoisotopic (exact) mass is 242 g/mol. The van der Waals surface area contributed by atoms with Gasteiger partial charge in [-0.2, -0.15) is 0 Å². The lowest BCUT2D eigenvalue weighted by atomic mass is 10.0. The van der Waals surface area contributed by atoms with E-state index < -0.39 is 5.60 Å². The second-order valence-corrected chi connectivity index (χ2v) is 6.24. The third-order valence-electron chi connectivity index (χ3n) is 3.65. The van der Waals surface area contributed by atoms with E-state index in [4.69, 9.17) is 0 Å². The molecule has 0 atom stereocenters. The minimum atomic E-state index is -0.490. The van der Waals surface area contributed by atoms with Gasteiger partial charge in [-0.15, -0.1) is 0 Å². The molecule has 0 aromatic carbocycles. The topological polar surface area (TPSA) is 26.7 Å². The van der Waals surface area contributed by atoms with E-state index in [0.29, 0.717) is 6.04 Å². The summed E-state index contributed by atoms with van der Waals surface area (Å²) >= 11 is 0. The highest BCUT2D eigenvalue weighted by molar-refractivity contribution is 4.74. The van der Waals surface area contributed by atoms with E-state index in [1.807, 2.05) is 13.8 Å². The van der Waals surface area contributed by atoms with Gasteiger partial charge in [-0.1, -0.05) is 0 Å². The van der Waals surface area contributed by atoms with Crippen molar-refractivity contribution in [2.45, 2.75) is 58.6 Å². The first-order chi connectivity index (χ1) is 7.88. The average Bonchev–Trinajstić information content (AvgIpc) is 2.24. The molecule has 1 N–H and O–H groups in total. The van der Waals surface area contributed by atoms with E-state index in [2.05, 4.69) is 23.6 Å². The highest BCUT2D eigenvalue weighted by Crippen LogP contribution is 2.13. The van der Waals surface area contributed by atoms with Gasteiger partial charge in [0.1, 0.15) is 0 Å². The van der Waals surface area contributed by atoms with Crippen LogP contribution in [0.4, 0.5) is 0 Å². The van der Waals surface area contributed by atoms with Crippen LogP contribution in [-0.2, 0) is 0 Å².